The van der Waals surface area contributed by atoms with E-state index in [1.807, 2.05) is 6.07 Å². The maximum absolute atomic E-state index is 6.43. The summed E-state index contributed by atoms with van der Waals surface area (Å²) in [6.45, 7) is 3.99. The molecule has 2 fully saturated rings. The predicted molar refractivity (Wildman–Crippen MR) is 79.5 cm³/mol. The SMILES string of the molecule is CCC[C@]1(c2ccccc2)OC[C@H]([C@@H]2CCCCN2)O1. The van der Waals surface area contributed by atoms with Gasteiger partial charge in [0.25, 0.3) is 0 Å². The Bertz CT molecular complexity index is 416. The van der Waals surface area contributed by atoms with E-state index in [0.29, 0.717) is 12.6 Å². The average Bonchev–Trinajstić information content (AvgIpc) is 2.95. The van der Waals surface area contributed by atoms with E-state index in [1.54, 1.807) is 0 Å². The van der Waals surface area contributed by atoms with Gasteiger partial charge < -0.3 is 14.8 Å². The Balaban J connectivity index is 1.76. The summed E-state index contributed by atoms with van der Waals surface area (Å²) < 4.78 is 12.6. The minimum absolute atomic E-state index is 0.182. The molecule has 2 aliphatic heterocycles. The van der Waals surface area contributed by atoms with Crippen molar-refractivity contribution in [2.75, 3.05) is 13.2 Å². The highest BCUT2D eigenvalue weighted by Crippen LogP contribution is 2.39. The van der Waals surface area contributed by atoms with Gasteiger partial charge in [-0.2, -0.15) is 0 Å². The van der Waals surface area contributed by atoms with Crippen molar-refractivity contribution in [3.63, 3.8) is 0 Å². The van der Waals surface area contributed by atoms with Crippen LogP contribution in [0.1, 0.15) is 44.6 Å². The van der Waals surface area contributed by atoms with Gasteiger partial charge in [0.1, 0.15) is 6.10 Å². The summed E-state index contributed by atoms with van der Waals surface area (Å²) in [4.78, 5) is 0. The quantitative estimate of drug-likeness (QED) is 0.915. The van der Waals surface area contributed by atoms with Crippen LogP contribution in [0.2, 0.25) is 0 Å². The van der Waals surface area contributed by atoms with E-state index in [9.17, 15) is 0 Å². The largest absolute Gasteiger partial charge is 0.343 e. The fourth-order valence-electron chi connectivity index (χ4n) is 3.37. The number of hydrogen-bond donors (Lipinski definition) is 1. The van der Waals surface area contributed by atoms with E-state index >= 15 is 0 Å². The first-order valence-electron chi connectivity index (χ1n) is 7.95. The van der Waals surface area contributed by atoms with Crippen molar-refractivity contribution >= 4 is 0 Å². The van der Waals surface area contributed by atoms with Gasteiger partial charge in [0.05, 0.1) is 6.61 Å². The first-order valence-corrected chi connectivity index (χ1v) is 7.95. The highest BCUT2D eigenvalue weighted by atomic mass is 16.7. The molecule has 20 heavy (non-hydrogen) atoms. The normalized spacial score (nSPS) is 34.2. The first kappa shape index (κ1) is 14.1. The molecular formula is C17H25NO2. The number of ether oxygens (including phenoxy) is 2. The van der Waals surface area contributed by atoms with Crippen LogP contribution < -0.4 is 5.32 Å². The topological polar surface area (TPSA) is 30.5 Å². The van der Waals surface area contributed by atoms with Crippen LogP contribution in [0.4, 0.5) is 0 Å². The summed E-state index contributed by atoms with van der Waals surface area (Å²) in [7, 11) is 0. The lowest BCUT2D eigenvalue weighted by atomic mass is 9.99. The van der Waals surface area contributed by atoms with Gasteiger partial charge in [-0.05, 0) is 19.4 Å². The zero-order valence-electron chi connectivity index (χ0n) is 12.3. The molecule has 0 bridgehead atoms. The molecule has 3 heteroatoms. The third kappa shape index (κ3) is 2.76. The van der Waals surface area contributed by atoms with Crippen molar-refractivity contribution in [3.05, 3.63) is 35.9 Å². The molecule has 0 aliphatic carbocycles. The standard InChI is InChI=1S/C17H25NO2/c1-2-11-17(14-8-4-3-5-9-14)19-13-16(20-17)15-10-6-7-12-18-15/h3-5,8-9,15-16,18H,2,6-7,10-13H2,1H3/t15-,16+,17-/m0/s1. The molecule has 0 aromatic heterocycles. The minimum atomic E-state index is -0.528. The van der Waals surface area contributed by atoms with Gasteiger partial charge in [0.2, 0.25) is 0 Å². The molecular weight excluding hydrogens is 250 g/mol. The Hall–Kier alpha value is -0.900. The smallest absolute Gasteiger partial charge is 0.195 e. The summed E-state index contributed by atoms with van der Waals surface area (Å²) in [6, 6.07) is 10.8. The third-order valence-corrected chi connectivity index (χ3v) is 4.41. The van der Waals surface area contributed by atoms with Crippen LogP contribution in [-0.4, -0.2) is 25.3 Å². The molecule has 0 unspecified atom stereocenters. The van der Waals surface area contributed by atoms with Crippen molar-refractivity contribution in [2.45, 2.75) is 57.0 Å². The summed E-state index contributed by atoms with van der Waals surface area (Å²) in [6.07, 6.45) is 5.93. The molecule has 110 valence electrons. The lowest BCUT2D eigenvalue weighted by Crippen LogP contribution is -2.45. The highest BCUT2D eigenvalue weighted by molar-refractivity contribution is 5.21. The molecule has 2 heterocycles. The number of piperidine rings is 1. The minimum Gasteiger partial charge on any atom is -0.343 e. The van der Waals surface area contributed by atoms with E-state index < -0.39 is 5.79 Å². The third-order valence-electron chi connectivity index (χ3n) is 4.41. The Morgan fingerprint density at radius 2 is 2.10 bits per heavy atom. The van der Waals surface area contributed by atoms with Gasteiger partial charge in [-0.25, -0.2) is 0 Å². The first-order chi connectivity index (χ1) is 9.84. The predicted octanol–water partition coefficient (Wildman–Crippen LogP) is 3.20. The van der Waals surface area contributed by atoms with Crippen LogP contribution in [0.15, 0.2) is 30.3 Å². The molecule has 1 aromatic carbocycles. The summed E-state index contributed by atoms with van der Waals surface area (Å²) in [5.74, 6) is -0.528. The molecule has 0 amide bonds. The van der Waals surface area contributed by atoms with Crippen molar-refractivity contribution in [2.24, 2.45) is 0 Å². The molecule has 3 rings (SSSR count). The number of benzene rings is 1. The lowest BCUT2D eigenvalue weighted by molar-refractivity contribution is -0.185. The molecule has 3 atom stereocenters. The van der Waals surface area contributed by atoms with Crippen LogP contribution in [0.3, 0.4) is 0 Å². The molecule has 0 spiro atoms. The monoisotopic (exact) mass is 275 g/mol. The summed E-state index contributed by atoms with van der Waals surface area (Å²) in [5.41, 5.74) is 1.15. The van der Waals surface area contributed by atoms with Crippen LogP contribution in [-0.2, 0) is 15.3 Å². The van der Waals surface area contributed by atoms with Crippen LogP contribution in [0.25, 0.3) is 0 Å². The molecule has 1 N–H and O–H groups in total. The van der Waals surface area contributed by atoms with E-state index in [2.05, 4.69) is 36.5 Å². The number of hydrogen-bond acceptors (Lipinski definition) is 3. The second-order valence-electron chi connectivity index (χ2n) is 5.89. The molecule has 3 nitrogen and oxygen atoms in total. The van der Waals surface area contributed by atoms with Gasteiger partial charge in [0, 0.05) is 18.0 Å². The summed E-state index contributed by atoms with van der Waals surface area (Å²) in [5, 5.41) is 3.59. The van der Waals surface area contributed by atoms with Crippen LogP contribution in [0.5, 0.6) is 0 Å². The molecule has 1 aromatic rings. The van der Waals surface area contributed by atoms with Gasteiger partial charge in [-0.3, -0.25) is 0 Å². The average molecular weight is 275 g/mol. The number of rotatable bonds is 4. The zero-order valence-corrected chi connectivity index (χ0v) is 12.3. The second kappa shape index (κ2) is 6.25. The molecule has 2 saturated heterocycles. The Labute approximate surface area is 121 Å². The maximum atomic E-state index is 6.43. The van der Waals surface area contributed by atoms with Crippen molar-refractivity contribution < 1.29 is 9.47 Å². The molecule has 2 aliphatic rings. The van der Waals surface area contributed by atoms with Gasteiger partial charge in [-0.15, -0.1) is 0 Å². The highest BCUT2D eigenvalue weighted by Gasteiger charge is 2.44. The second-order valence-corrected chi connectivity index (χ2v) is 5.89. The maximum Gasteiger partial charge on any atom is 0.195 e. The van der Waals surface area contributed by atoms with Gasteiger partial charge in [0.15, 0.2) is 5.79 Å². The van der Waals surface area contributed by atoms with Gasteiger partial charge in [-0.1, -0.05) is 50.1 Å². The summed E-state index contributed by atoms with van der Waals surface area (Å²) >= 11 is 0. The van der Waals surface area contributed by atoms with E-state index in [1.165, 1.54) is 19.3 Å². The van der Waals surface area contributed by atoms with Crippen LogP contribution >= 0.6 is 0 Å². The van der Waals surface area contributed by atoms with Crippen molar-refractivity contribution in [1.29, 1.82) is 0 Å². The van der Waals surface area contributed by atoms with Crippen molar-refractivity contribution in [3.8, 4) is 0 Å². The number of nitrogens with one attached hydrogen (secondary N) is 1. The van der Waals surface area contributed by atoms with E-state index in [-0.39, 0.29) is 6.10 Å². The van der Waals surface area contributed by atoms with E-state index in [4.69, 9.17) is 9.47 Å². The Kier molecular flexibility index (Phi) is 4.39. The zero-order chi connectivity index (χ0) is 13.8. The molecule has 0 saturated carbocycles. The van der Waals surface area contributed by atoms with Crippen molar-refractivity contribution in [1.82, 2.24) is 5.32 Å². The van der Waals surface area contributed by atoms with Crippen LogP contribution in [0, 0.1) is 0 Å². The Morgan fingerprint density at radius 3 is 2.80 bits per heavy atom. The van der Waals surface area contributed by atoms with Gasteiger partial charge >= 0.3 is 0 Å². The Morgan fingerprint density at radius 1 is 1.25 bits per heavy atom. The molecule has 0 radical (unpaired) electrons. The fraction of sp³-hybridized carbons (Fsp3) is 0.647. The van der Waals surface area contributed by atoms with E-state index in [0.717, 1.165) is 24.9 Å². The lowest BCUT2D eigenvalue weighted by Gasteiger charge is -2.31. The fourth-order valence-corrected chi connectivity index (χ4v) is 3.37.